The maximum atomic E-state index is 11.6. The van der Waals surface area contributed by atoms with Crippen LogP contribution in [0.3, 0.4) is 0 Å². The number of hydrogen-bond acceptors (Lipinski definition) is 5. The average molecular weight is 406 g/mol. The Morgan fingerprint density at radius 3 is 2.24 bits per heavy atom. The normalized spacial score (nSPS) is 15.1. The Morgan fingerprint density at radius 2 is 1.69 bits per heavy atom. The highest BCUT2D eigenvalue weighted by Crippen LogP contribution is 2.20. The summed E-state index contributed by atoms with van der Waals surface area (Å²) in [5, 5.41) is 6.15. The lowest BCUT2D eigenvalue weighted by atomic mass is 10.2. The Kier molecular flexibility index (Phi) is 8.42. The van der Waals surface area contributed by atoms with Crippen molar-refractivity contribution in [2.24, 2.45) is 4.99 Å². The fourth-order valence-corrected chi connectivity index (χ4v) is 3.09. The van der Waals surface area contributed by atoms with Crippen molar-refractivity contribution in [1.82, 2.24) is 15.5 Å². The van der Waals surface area contributed by atoms with E-state index in [1.807, 2.05) is 32.9 Å². The van der Waals surface area contributed by atoms with Crippen molar-refractivity contribution in [1.29, 1.82) is 0 Å². The zero-order valence-electron chi connectivity index (χ0n) is 18.3. The van der Waals surface area contributed by atoms with Crippen LogP contribution in [-0.2, 0) is 4.74 Å². The number of guanidine groups is 1. The predicted molar refractivity (Wildman–Crippen MR) is 117 cm³/mol. The molecule has 8 nitrogen and oxygen atoms in total. The molecule has 29 heavy (non-hydrogen) atoms. The molecular weight excluding hydrogens is 370 g/mol. The minimum Gasteiger partial charge on any atom is -0.497 e. The first-order valence-corrected chi connectivity index (χ1v) is 10.1. The third-order valence-electron chi connectivity index (χ3n) is 4.53. The van der Waals surface area contributed by atoms with E-state index in [0.717, 1.165) is 50.9 Å². The summed E-state index contributed by atoms with van der Waals surface area (Å²) in [6.45, 7) is 10.5. The van der Waals surface area contributed by atoms with E-state index in [1.54, 1.807) is 14.2 Å². The molecule has 162 valence electrons. The van der Waals surface area contributed by atoms with Crippen LogP contribution in [0.15, 0.2) is 29.3 Å². The van der Waals surface area contributed by atoms with Crippen LogP contribution in [0.5, 0.6) is 5.75 Å². The first-order chi connectivity index (χ1) is 13.8. The molecule has 0 spiro atoms. The molecule has 1 aromatic carbocycles. The van der Waals surface area contributed by atoms with Crippen LogP contribution in [-0.4, -0.2) is 76.0 Å². The standard InChI is InChI=1S/C21H35N5O3/c1-21(2,3)29-20(27)24-12-6-11-23-19(22-4)26-15-13-25(14-16-26)17-7-9-18(28-5)10-8-17/h7-10H,6,11-16H2,1-5H3,(H,22,23)(H,24,27). The van der Waals surface area contributed by atoms with E-state index in [9.17, 15) is 4.79 Å². The molecular formula is C21H35N5O3. The van der Waals surface area contributed by atoms with Crippen molar-refractivity contribution < 1.29 is 14.3 Å². The van der Waals surface area contributed by atoms with Gasteiger partial charge >= 0.3 is 6.09 Å². The Bertz CT molecular complexity index is 662. The Labute approximate surface area is 174 Å². The van der Waals surface area contributed by atoms with Crippen LogP contribution >= 0.6 is 0 Å². The van der Waals surface area contributed by atoms with E-state index in [2.05, 4.69) is 37.6 Å². The van der Waals surface area contributed by atoms with Gasteiger partial charge < -0.3 is 29.9 Å². The Balaban J connectivity index is 1.68. The monoisotopic (exact) mass is 405 g/mol. The number of alkyl carbamates (subject to hydrolysis) is 1. The van der Waals surface area contributed by atoms with Crippen LogP contribution in [0.1, 0.15) is 27.2 Å². The van der Waals surface area contributed by atoms with Crippen LogP contribution in [0.25, 0.3) is 0 Å². The van der Waals surface area contributed by atoms with Gasteiger partial charge in [0.25, 0.3) is 0 Å². The summed E-state index contributed by atoms with van der Waals surface area (Å²) in [5.41, 5.74) is 0.736. The maximum Gasteiger partial charge on any atom is 0.407 e. The minimum absolute atomic E-state index is 0.378. The SMILES string of the molecule is CN=C(NCCCNC(=O)OC(C)(C)C)N1CCN(c2ccc(OC)cc2)CC1. The summed E-state index contributed by atoms with van der Waals surface area (Å²) >= 11 is 0. The first kappa shape index (κ1) is 22.6. The molecule has 2 rings (SSSR count). The second-order valence-corrected chi connectivity index (χ2v) is 7.93. The molecule has 0 aromatic heterocycles. The van der Waals surface area contributed by atoms with Crippen molar-refractivity contribution >= 4 is 17.7 Å². The van der Waals surface area contributed by atoms with Crippen molar-refractivity contribution in [2.75, 3.05) is 58.3 Å². The number of amides is 1. The van der Waals surface area contributed by atoms with E-state index in [1.165, 1.54) is 5.69 Å². The molecule has 1 aliphatic heterocycles. The second-order valence-electron chi connectivity index (χ2n) is 7.93. The van der Waals surface area contributed by atoms with Gasteiger partial charge in [0, 0.05) is 52.0 Å². The van der Waals surface area contributed by atoms with Gasteiger partial charge in [-0.1, -0.05) is 0 Å². The summed E-state index contributed by atoms with van der Waals surface area (Å²) in [6.07, 6.45) is 0.418. The summed E-state index contributed by atoms with van der Waals surface area (Å²) in [6, 6.07) is 8.18. The van der Waals surface area contributed by atoms with Crippen LogP contribution < -0.4 is 20.3 Å². The van der Waals surface area contributed by atoms with Crippen molar-refractivity contribution in [3.8, 4) is 5.75 Å². The molecule has 1 aliphatic rings. The van der Waals surface area contributed by atoms with Gasteiger partial charge in [-0.15, -0.1) is 0 Å². The zero-order valence-corrected chi connectivity index (χ0v) is 18.3. The average Bonchev–Trinajstić information content (AvgIpc) is 2.70. The number of methoxy groups -OCH3 is 1. The molecule has 0 atom stereocenters. The number of aliphatic imine (C=N–C) groups is 1. The number of hydrogen-bond donors (Lipinski definition) is 2. The zero-order chi connectivity index (χ0) is 21.3. The van der Waals surface area contributed by atoms with Crippen molar-refractivity contribution in [3.05, 3.63) is 24.3 Å². The lowest BCUT2D eigenvalue weighted by Gasteiger charge is -2.37. The van der Waals surface area contributed by atoms with E-state index in [0.29, 0.717) is 6.54 Å². The van der Waals surface area contributed by atoms with Gasteiger partial charge in [-0.25, -0.2) is 4.79 Å². The lowest BCUT2D eigenvalue weighted by molar-refractivity contribution is 0.0527. The molecule has 1 saturated heterocycles. The smallest absolute Gasteiger partial charge is 0.407 e. The molecule has 1 aromatic rings. The third kappa shape index (κ3) is 7.71. The number of anilines is 1. The van der Waals surface area contributed by atoms with Gasteiger partial charge in [-0.3, -0.25) is 4.99 Å². The molecule has 0 saturated carbocycles. The van der Waals surface area contributed by atoms with E-state index < -0.39 is 5.60 Å². The number of rotatable bonds is 6. The molecule has 1 fully saturated rings. The summed E-state index contributed by atoms with van der Waals surface area (Å²) < 4.78 is 10.5. The van der Waals surface area contributed by atoms with Gasteiger partial charge in [0.15, 0.2) is 5.96 Å². The largest absolute Gasteiger partial charge is 0.497 e. The van der Waals surface area contributed by atoms with E-state index in [-0.39, 0.29) is 6.09 Å². The number of carbonyl (C=O) groups excluding carboxylic acids is 1. The lowest BCUT2D eigenvalue weighted by Crippen LogP contribution is -2.52. The summed E-state index contributed by atoms with van der Waals surface area (Å²) in [7, 11) is 3.48. The van der Waals surface area contributed by atoms with Gasteiger partial charge in [0.1, 0.15) is 11.4 Å². The van der Waals surface area contributed by atoms with E-state index in [4.69, 9.17) is 9.47 Å². The van der Waals surface area contributed by atoms with Gasteiger partial charge in [0.2, 0.25) is 0 Å². The first-order valence-electron chi connectivity index (χ1n) is 10.1. The maximum absolute atomic E-state index is 11.6. The van der Waals surface area contributed by atoms with Crippen molar-refractivity contribution in [2.45, 2.75) is 32.8 Å². The number of nitrogens with one attached hydrogen (secondary N) is 2. The van der Waals surface area contributed by atoms with Crippen LogP contribution in [0.2, 0.25) is 0 Å². The number of piperazine rings is 1. The topological polar surface area (TPSA) is 78.4 Å². The molecule has 0 unspecified atom stereocenters. The molecule has 0 aliphatic carbocycles. The molecule has 0 bridgehead atoms. The fraction of sp³-hybridized carbons (Fsp3) is 0.619. The molecule has 2 N–H and O–H groups in total. The summed E-state index contributed by atoms with van der Waals surface area (Å²) in [5.74, 6) is 1.77. The highest BCUT2D eigenvalue weighted by molar-refractivity contribution is 5.80. The Hall–Kier alpha value is -2.64. The number of ether oxygens (including phenoxy) is 2. The second kappa shape index (κ2) is 10.8. The van der Waals surface area contributed by atoms with Gasteiger partial charge in [-0.2, -0.15) is 0 Å². The van der Waals surface area contributed by atoms with Crippen LogP contribution in [0.4, 0.5) is 10.5 Å². The minimum atomic E-state index is -0.474. The highest BCUT2D eigenvalue weighted by Gasteiger charge is 2.20. The van der Waals surface area contributed by atoms with E-state index >= 15 is 0 Å². The molecule has 1 amide bonds. The number of benzene rings is 1. The fourth-order valence-electron chi connectivity index (χ4n) is 3.09. The third-order valence-corrected chi connectivity index (χ3v) is 4.53. The highest BCUT2D eigenvalue weighted by atomic mass is 16.6. The number of carbonyl (C=O) groups is 1. The van der Waals surface area contributed by atoms with Gasteiger partial charge in [0.05, 0.1) is 7.11 Å². The molecule has 0 radical (unpaired) electrons. The molecule has 1 heterocycles. The van der Waals surface area contributed by atoms with Gasteiger partial charge in [-0.05, 0) is 51.5 Å². The quantitative estimate of drug-likeness (QED) is 0.430. The van der Waals surface area contributed by atoms with Crippen LogP contribution in [0, 0.1) is 0 Å². The summed E-state index contributed by atoms with van der Waals surface area (Å²) in [4.78, 5) is 20.7. The van der Waals surface area contributed by atoms with Crippen molar-refractivity contribution in [3.63, 3.8) is 0 Å². The Morgan fingerprint density at radius 1 is 1.07 bits per heavy atom. The number of nitrogens with zero attached hydrogens (tertiary/aromatic N) is 3. The molecule has 8 heteroatoms. The predicted octanol–water partition coefficient (Wildman–Crippen LogP) is 2.31.